The second-order valence-electron chi connectivity index (χ2n) is 5.48. The van der Waals surface area contributed by atoms with E-state index in [-0.39, 0.29) is 4.90 Å². The van der Waals surface area contributed by atoms with Crippen molar-refractivity contribution in [3.8, 4) is 0 Å². The maximum atomic E-state index is 13.0. The van der Waals surface area contributed by atoms with E-state index in [2.05, 4.69) is 14.1 Å². The Balaban J connectivity index is 1.93. The number of fused-ring (bicyclic) bond motifs is 1. The molecule has 0 aliphatic heterocycles. The van der Waals surface area contributed by atoms with Gasteiger partial charge in [-0.1, -0.05) is 0 Å². The van der Waals surface area contributed by atoms with E-state index in [4.69, 9.17) is 0 Å². The molecule has 0 aliphatic rings. The maximum Gasteiger partial charge on any atom is 0.261 e. The standard InChI is InChI=1S/C16H15FN4O2S2/c1-21(2)10-18-16-14-9-12(5-8-15(14)24-19-16)20-25(22,23)13-6-3-11(17)4-7-13/h3-10,20H,1-2H3/b18-10+. The van der Waals surface area contributed by atoms with Crippen molar-refractivity contribution in [1.82, 2.24) is 9.27 Å². The molecule has 0 bridgehead atoms. The van der Waals surface area contributed by atoms with Crippen LogP contribution in [0.2, 0.25) is 0 Å². The Bertz CT molecular complexity index is 1030. The summed E-state index contributed by atoms with van der Waals surface area (Å²) in [5, 5.41) is 0.752. The van der Waals surface area contributed by atoms with Gasteiger partial charge in [-0.25, -0.2) is 17.8 Å². The molecule has 0 radical (unpaired) electrons. The van der Waals surface area contributed by atoms with Crippen molar-refractivity contribution in [3.63, 3.8) is 0 Å². The maximum absolute atomic E-state index is 13.0. The van der Waals surface area contributed by atoms with Crippen LogP contribution in [-0.4, -0.2) is 38.1 Å². The van der Waals surface area contributed by atoms with Crippen LogP contribution in [0.3, 0.4) is 0 Å². The topological polar surface area (TPSA) is 74.7 Å². The van der Waals surface area contributed by atoms with Crippen molar-refractivity contribution in [2.45, 2.75) is 4.90 Å². The fourth-order valence-electron chi connectivity index (χ4n) is 2.08. The summed E-state index contributed by atoms with van der Waals surface area (Å²) in [6.45, 7) is 0. The van der Waals surface area contributed by atoms with Crippen molar-refractivity contribution >= 4 is 49.5 Å². The van der Waals surface area contributed by atoms with Gasteiger partial charge in [0.15, 0.2) is 5.82 Å². The summed E-state index contributed by atoms with van der Waals surface area (Å²) in [5.41, 5.74) is 0.387. The third-order valence-electron chi connectivity index (χ3n) is 3.24. The highest BCUT2D eigenvalue weighted by atomic mass is 32.2. The molecule has 0 fully saturated rings. The summed E-state index contributed by atoms with van der Waals surface area (Å²) in [5.74, 6) is 0.0321. The van der Waals surface area contributed by atoms with Gasteiger partial charge in [-0.2, -0.15) is 4.37 Å². The number of anilines is 1. The quantitative estimate of drug-likeness (QED) is 0.545. The largest absolute Gasteiger partial charge is 0.369 e. The zero-order chi connectivity index (χ0) is 18.0. The molecule has 0 saturated carbocycles. The van der Waals surface area contributed by atoms with E-state index in [1.54, 1.807) is 29.4 Å². The third-order valence-corrected chi connectivity index (χ3v) is 5.45. The first-order valence-electron chi connectivity index (χ1n) is 7.23. The highest BCUT2D eigenvalue weighted by Crippen LogP contribution is 2.31. The first-order chi connectivity index (χ1) is 11.8. The molecule has 0 amide bonds. The zero-order valence-corrected chi connectivity index (χ0v) is 15.1. The van der Waals surface area contributed by atoms with E-state index >= 15 is 0 Å². The number of rotatable bonds is 5. The van der Waals surface area contributed by atoms with Crippen molar-refractivity contribution in [1.29, 1.82) is 0 Å². The van der Waals surface area contributed by atoms with Crippen molar-refractivity contribution < 1.29 is 12.8 Å². The summed E-state index contributed by atoms with van der Waals surface area (Å²) < 4.78 is 45.4. The summed E-state index contributed by atoms with van der Waals surface area (Å²) in [6.07, 6.45) is 1.63. The van der Waals surface area contributed by atoms with Crippen molar-refractivity contribution in [2.75, 3.05) is 18.8 Å². The fraction of sp³-hybridized carbons (Fsp3) is 0.125. The number of hydrogen-bond acceptors (Lipinski definition) is 5. The van der Waals surface area contributed by atoms with Gasteiger partial charge in [0.1, 0.15) is 5.82 Å². The molecular weight excluding hydrogens is 363 g/mol. The number of hydrogen-bond donors (Lipinski definition) is 1. The minimum absolute atomic E-state index is 0.0108. The number of benzene rings is 2. The SMILES string of the molecule is CN(C)/C=N/c1nsc2ccc(NS(=O)(=O)c3ccc(F)cc3)cc12. The van der Waals surface area contributed by atoms with E-state index in [1.165, 1.54) is 23.7 Å². The summed E-state index contributed by atoms with van der Waals surface area (Å²) in [4.78, 5) is 6.05. The van der Waals surface area contributed by atoms with Crippen LogP contribution in [0.5, 0.6) is 0 Å². The third kappa shape index (κ3) is 3.94. The van der Waals surface area contributed by atoms with Gasteiger partial charge in [-0.05, 0) is 54.0 Å². The van der Waals surface area contributed by atoms with E-state index in [9.17, 15) is 12.8 Å². The molecule has 0 aliphatic carbocycles. The summed E-state index contributed by atoms with van der Waals surface area (Å²) >= 11 is 1.29. The van der Waals surface area contributed by atoms with Gasteiger partial charge < -0.3 is 4.90 Å². The van der Waals surface area contributed by atoms with Crippen LogP contribution in [0.1, 0.15) is 0 Å². The molecule has 130 valence electrons. The molecule has 1 N–H and O–H groups in total. The molecule has 0 unspecified atom stereocenters. The zero-order valence-electron chi connectivity index (χ0n) is 13.5. The fourth-order valence-corrected chi connectivity index (χ4v) is 3.84. The molecule has 6 nitrogen and oxygen atoms in total. The lowest BCUT2D eigenvalue weighted by Gasteiger charge is -2.08. The number of sulfonamides is 1. The number of nitrogens with zero attached hydrogens (tertiary/aromatic N) is 3. The molecule has 1 aromatic heterocycles. The molecule has 0 atom stereocenters. The minimum Gasteiger partial charge on any atom is -0.369 e. The van der Waals surface area contributed by atoms with Crippen LogP contribution in [0.15, 0.2) is 52.4 Å². The second kappa shape index (κ2) is 6.77. The van der Waals surface area contributed by atoms with Crippen LogP contribution >= 0.6 is 11.5 Å². The van der Waals surface area contributed by atoms with Crippen LogP contribution in [-0.2, 0) is 10.0 Å². The Morgan fingerprint density at radius 1 is 1.20 bits per heavy atom. The van der Waals surface area contributed by atoms with Crippen molar-refractivity contribution in [2.24, 2.45) is 4.99 Å². The Morgan fingerprint density at radius 2 is 1.92 bits per heavy atom. The number of nitrogens with one attached hydrogen (secondary N) is 1. The molecule has 1 heterocycles. The highest BCUT2D eigenvalue weighted by molar-refractivity contribution is 7.92. The van der Waals surface area contributed by atoms with Crippen LogP contribution < -0.4 is 4.72 Å². The Morgan fingerprint density at radius 3 is 2.60 bits per heavy atom. The van der Waals surface area contributed by atoms with Gasteiger partial charge in [-0.3, -0.25) is 4.72 Å². The monoisotopic (exact) mass is 378 g/mol. The first kappa shape index (κ1) is 17.3. The summed E-state index contributed by atoms with van der Waals surface area (Å²) in [7, 11) is -0.106. The van der Waals surface area contributed by atoms with Gasteiger partial charge in [-0.15, -0.1) is 0 Å². The summed E-state index contributed by atoms with van der Waals surface area (Å²) in [6, 6.07) is 9.76. The molecule has 0 saturated heterocycles. The smallest absolute Gasteiger partial charge is 0.261 e. The molecule has 2 aromatic carbocycles. The highest BCUT2D eigenvalue weighted by Gasteiger charge is 2.15. The van der Waals surface area contributed by atoms with Crippen LogP contribution in [0.4, 0.5) is 15.9 Å². The number of halogens is 1. The molecule has 9 heteroatoms. The van der Waals surface area contributed by atoms with E-state index in [1.807, 2.05) is 14.1 Å². The predicted octanol–water partition coefficient (Wildman–Crippen LogP) is 3.46. The molecule has 3 aromatic rings. The van der Waals surface area contributed by atoms with Crippen LogP contribution in [0.25, 0.3) is 10.1 Å². The lowest BCUT2D eigenvalue weighted by atomic mass is 10.2. The van der Waals surface area contributed by atoms with E-state index in [0.717, 1.165) is 22.2 Å². The Labute approximate surface area is 148 Å². The lowest BCUT2D eigenvalue weighted by molar-refractivity contribution is 0.599. The van der Waals surface area contributed by atoms with E-state index < -0.39 is 15.8 Å². The minimum atomic E-state index is -3.80. The molecule has 25 heavy (non-hydrogen) atoms. The predicted molar refractivity (Wildman–Crippen MR) is 98.7 cm³/mol. The Hall–Kier alpha value is -2.52. The first-order valence-corrected chi connectivity index (χ1v) is 9.49. The lowest BCUT2D eigenvalue weighted by Crippen LogP contribution is -2.12. The average molecular weight is 378 g/mol. The van der Waals surface area contributed by atoms with Gasteiger partial charge in [0, 0.05) is 25.2 Å². The van der Waals surface area contributed by atoms with Gasteiger partial charge in [0.2, 0.25) is 0 Å². The van der Waals surface area contributed by atoms with E-state index in [0.29, 0.717) is 11.5 Å². The average Bonchev–Trinajstić information content (AvgIpc) is 2.95. The van der Waals surface area contributed by atoms with Crippen LogP contribution in [0, 0.1) is 5.82 Å². The normalized spacial score (nSPS) is 12.0. The van der Waals surface area contributed by atoms with Gasteiger partial charge in [0.05, 0.1) is 15.9 Å². The Kier molecular flexibility index (Phi) is 4.69. The molecule has 0 spiro atoms. The van der Waals surface area contributed by atoms with Gasteiger partial charge >= 0.3 is 0 Å². The molecule has 3 rings (SSSR count). The van der Waals surface area contributed by atoms with Crippen molar-refractivity contribution in [3.05, 3.63) is 48.3 Å². The number of aromatic nitrogens is 1. The second-order valence-corrected chi connectivity index (χ2v) is 7.97. The molecular formula is C16H15FN4O2S2. The number of aliphatic imine (C=N–C) groups is 1. The van der Waals surface area contributed by atoms with Gasteiger partial charge in [0.25, 0.3) is 10.0 Å².